The highest BCUT2D eigenvalue weighted by molar-refractivity contribution is 5.86. The van der Waals surface area contributed by atoms with E-state index in [2.05, 4.69) is 30.9 Å². The summed E-state index contributed by atoms with van der Waals surface area (Å²) in [6, 6.07) is 15.5. The first-order chi connectivity index (χ1) is 15.8. The molecule has 33 heavy (non-hydrogen) atoms. The lowest BCUT2D eigenvalue weighted by atomic mass is 9.84. The fourth-order valence-corrected chi connectivity index (χ4v) is 4.34. The molecule has 0 saturated carbocycles. The number of para-hydroxylation sites is 1. The molecule has 2 aromatic carbocycles. The third kappa shape index (κ3) is 2.96. The molecule has 1 aliphatic rings. The monoisotopic (exact) mass is 438 g/mol. The van der Waals surface area contributed by atoms with Crippen molar-refractivity contribution in [3.63, 3.8) is 0 Å². The summed E-state index contributed by atoms with van der Waals surface area (Å²) < 4.78 is 13.7. The zero-order valence-electron chi connectivity index (χ0n) is 18.8. The highest BCUT2D eigenvalue weighted by atomic mass is 16.5. The smallest absolute Gasteiger partial charge is 0.344 e. The fraction of sp³-hybridized carbons (Fsp3) is 0.231. The summed E-state index contributed by atoms with van der Waals surface area (Å²) in [6.45, 7) is 8.22. The molecule has 0 spiro atoms. The molecular formula is C26H22N4O3. The van der Waals surface area contributed by atoms with E-state index < -0.39 is 11.5 Å². The molecule has 164 valence electrons. The van der Waals surface area contributed by atoms with Crippen LogP contribution in [0.2, 0.25) is 0 Å². The number of aryl methyl sites for hydroxylation is 1. The molecule has 0 radical (unpaired) electrons. The van der Waals surface area contributed by atoms with E-state index in [0.717, 1.165) is 16.5 Å². The number of hydrogen-bond donors (Lipinski definition) is 0. The second-order valence-electron chi connectivity index (χ2n) is 9.49. The van der Waals surface area contributed by atoms with Crippen LogP contribution in [0.4, 0.5) is 0 Å². The van der Waals surface area contributed by atoms with E-state index in [1.807, 2.05) is 49.4 Å². The maximum absolute atomic E-state index is 13.3. The predicted molar refractivity (Wildman–Crippen MR) is 124 cm³/mol. The van der Waals surface area contributed by atoms with Crippen LogP contribution >= 0.6 is 0 Å². The Morgan fingerprint density at radius 3 is 2.52 bits per heavy atom. The normalized spacial score (nSPS) is 15.3. The van der Waals surface area contributed by atoms with Crippen LogP contribution in [0.5, 0.6) is 11.6 Å². The SMILES string of the molecule is Cc1ccc(C2c3c(c4ccccc4oc3=O)Oc3ncn4nc(C(C)(C)C)nc4c32)cc1. The largest absolute Gasteiger partial charge is 0.437 e. The van der Waals surface area contributed by atoms with Crippen molar-refractivity contribution in [3.05, 3.63) is 93.4 Å². The van der Waals surface area contributed by atoms with E-state index >= 15 is 0 Å². The average Bonchev–Trinajstić information content (AvgIpc) is 3.24. The van der Waals surface area contributed by atoms with Crippen molar-refractivity contribution in [2.24, 2.45) is 0 Å². The molecule has 6 rings (SSSR count). The fourth-order valence-electron chi connectivity index (χ4n) is 4.34. The summed E-state index contributed by atoms with van der Waals surface area (Å²) in [5.41, 5.74) is 3.63. The van der Waals surface area contributed by atoms with Crippen molar-refractivity contribution in [2.75, 3.05) is 0 Å². The van der Waals surface area contributed by atoms with E-state index in [9.17, 15) is 4.79 Å². The highest BCUT2D eigenvalue weighted by Gasteiger charge is 2.37. The number of fused-ring (bicyclic) bond motifs is 6. The average molecular weight is 438 g/mol. The predicted octanol–water partition coefficient (Wildman–Crippen LogP) is 5.12. The van der Waals surface area contributed by atoms with Crippen LogP contribution < -0.4 is 10.4 Å². The summed E-state index contributed by atoms with van der Waals surface area (Å²) in [7, 11) is 0. The van der Waals surface area contributed by atoms with Gasteiger partial charge in [-0.15, -0.1) is 5.10 Å². The first-order valence-electron chi connectivity index (χ1n) is 10.9. The van der Waals surface area contributed by atoms with E-state index in [0.29, 0.717) is 39.8 Å². The molecule has 5 aromatic rings. The van der Waals surface area contributed by atoms with Crippen molar-refractivity contribution < 1.29 is 9.15 Å². The van der Waals surface area contributed by atoms with E-state index in [-0.39, 0.29) is 5.41 Å². The number of rotatable bonds is 1. The van der Waals surface area contributed by atoms with Gasteiger partial charge >= 0.3 is 5.63 Å². The van der Waals surface area contributed by atoms with Crippen molar-refractivity contribution >= 4 is 16.6 Å². The van der Waals surface area contributed by atoms with Gasteiger partial charge in [0.05, 0.1) is 22.4 Å². The zero-order valence-corrected chi connectivity index (χ0v) is 18.8. The minimum absolute atomic E-state index is 0.249. The van der Waals surface area contributed by atoms with Gasteiger partial charge < -0.3 is 9.15 Å². The Morgan fingerprint density at radius 1 is 1.00 bits per heavy atom. The Labute approximate surface area is 189 Å². The molecule has 1 atom stereocenters. The van der Waals surface area contributed by atoms with Gasteiger partial charge in [0.1, 0.15) is 11.9 Å². The topological polar surface area (TPSA) is 82.5 Å². The lowest BCUT2D eigenvalue weighted by molar-refractivity contribution is 0.422. The van der Waals surface area contributed by atoms with Gasteiger partial charge in [0.2, 0.25) is 5.88 Å². The molecule has 4 heterocycles. The molecule has 1 unspecified atom stereocenters. The third-order valence-corrected chi connectivity index (χ3v) is 6.04. The van der Waals surface area contributed by atoms with Crippen LogP contribution in [0.1, 0.15) is 54.8 Å². The number of hydrogen-bond acceptors (Lipinski definition) is 6. The van der Waals surface area contributed by atoms with Crippen molar-refractivity contribution in [3.8, 4) is 11.6 Å². The summed E-state index contributed by atoms with van der Waals surface area (Å²) >= 11 is 0. The van der Waals surface area contributed by atoms with Gasteiger partial charge in [0.25, 0.3) is 0 Å². The highest BCUT2D eigenvalue weighted by Crippen LogP contribution is 2.48. The van der Waals surface area contributed by atoms with Gasteiger partial charge in [-0.1, -0.05) is 62.7 Å². The standard InChI is InChI=1S/C26H22N4O3/c1-14-9-11-15(12-10-14)18-19-21(16-7-5-6-8-17(16)32-24(19)31)33-23-20(18)22-28-25(26(2,3)4)29-30(22)13-27-23/h5-13,18H,1-4H3. The molecule has 7 nitrogen and oxygen atoms in total. The number of benzene rings is 2. The number of ether oxygens (including phenoxy) is 1. The van der Waals surface area contributed by atoms with Crippen LogP contribution in [0.25, 0.3) is 16.6 Å². The first kappa shape index (κ1) is 19.7. The van der Waals surface area contributed by atoms with E-state index in [1.54, 1.807) is 16.9 Å². The summed E-state index contributed by atoms with van der Waals surface area (Å²) in [6.07, 6.45) is 1.61. The van der Waals surface area contributed by atoms with E-state index in [4.69, 9.17) is 14.1 Å². The van der Waals surface area contributed by atoms with Gasteiger partial charge in [-0.25, -0.2) is 19.3 Å². The van der Waals surface area contributed by atoms with Gasteiger partial charge in [0.15, 0.2) is 17.2 Å². The third-order valence-electron chi connectivity index (χ3n) is 6.04. The van der Waals surface area contributed by atoms with Crippen molar-refractivity contribution in [2.45, 2.75) is 39.0 Å². The lowest BCUT2D eigenvalue weighted by Gasteiger charge is -2.27. The minimum Gasteiger partial charge on any atom is -0.437 e. The Kier molecular flexibility index (Phi) is 4.02. The van der Waals surface area contributed by atoms with Crippen LogP contribution in [0.15, 0.2) is 64.1 Å². The van der Waals surface area contributed by atoms with E-state index in [1.165, 1.54) is 0 Å². The van der Waals surface area contributed by atoms with Crippen LogP contribution in [0, 0.1) is 6.92 Å². The minimum atomic E-state index is -0.460. The first-order valence-corrected chi connectivity index (χ1v) is 10.9. The molecule has 1 aliphatic heterocycles. The number of nitrogens with zero attached hydrogens (tertiary/aromatic N) is 4. The lowest BCUT2D eigenvalue weighted by Crippen LogP contribution is -2.22. The molecule has 0 fully saturated rings. The zero-order chi connectivity index (χ0) is 22.9. The van der Waals surface area contributed by atoms with Crippen LogP contribution in [0.3, 0.4) is 0 Å². The van der Waals surface area contributed by atoms with Gasteiger partial charge in [-0.05, 0) is 24.6 Å². The molecule has 0 aliphatic carbocycles. The molecule has 7 heteroatoms. The Morgan fingerprint density at radius 2 is 1.76 bits per heavy atom. The Bertz CT molecular complexity index is 1610. The molecule has 3 aromatic heterocycles. The molecule has 0 saturated heterocycles. The molecular weight excluding hydrogens is 416 g/mol. The van der Waals surface area contributed by atoms with Gasteiger partial charge in [0, 0.05) is 5.41 Å². The summed E-state index contributed by atoms with van der Waals surface area (Å²) in [5.74, 6) is 1.13. The summed E-state index contributed by atoms with van der Waals surface area (Å²) in [5, 5.41) is 5.38. The van der Waals surface area contributed by atoms with Gasteiger partial charge in [-0.2, -0.15) is 0 Å². The maximum atomic E-state index is 13.3. The number of aromatic nitrogens is 4. The summed E-state index contributed by atoms with van der Waals surface area (Å²) in [4.78, 5) is 22.8. The second kappa shape index (κ2) is 6.75. The Balaban J connectivity index is 1.72. The second-order valence-corrected chi connectivity index (χ2v) is 9.49. The van der Waals surface area contributed by atoms with Crippen molar-refractivity contribution in [1.29, 1.82) is 0 Å². The molecule has 0 N–H and O–H groups in total. The quantitative estimate of drug-likeness (QED) is 0.331. The van der Waals surface area contributed by atoms with Gasteiger partial charge in [-0.3, -0.25) is 0 Å². The van der Waals surface area contributed by atoms with Crippen molar-refractivity contribution in [1.82, 2.24) is 19.6 Å². The maximum Gasteiger partial charge on any atom is 0.344 e. The molecule has 0 amide bonds. The van der Waals surface area contributed by atoms with Crippen LogP contribution in [-0.4, -0.2) is 19.6 Å². The van der Waals surface area contributed by atoms with Crippen LogP contribution in [-0.2, 0) is 5.41 Å². The molecule has 0 bridgehead atoms. The Hall–Kier alpha value is -4.00.